The topological polar surface area (TPSA) is 59.8 Å². The zero-order valence-electron chi connectivity index (χ0n) is 13.4. The molecule has 1 saturated carbocycles. The average molecular weight is 330 g/mol. The number of carbonyl (C=O) groups excluding carboxylic acids is 1. The molecule has 3 rings (SSSR count). The molecule has 1 aromatic heterocycles. The van der Waals surface area contributed by atoms with E-state index in [4.69, 9.17) is 0 Å². The molecule has 6 heteroatoms. The standard InChI is InChI=1S/C17H22N4OS/c1-21-12-18-20-17(21)23-15-9-7-14(8-10-15)19-16(22)11-6-13-4-2-3-5-13/h7-10,12-13H,2-6,11H2,1H3,(H,19,22). The van der Waals surface area contributed by atoms with Gasteiger partial charge in [0.05, 0.1) is 0 Å². The van der Waals surface area contributed by atoms with Gasteiger partial charge < -0.3 is 9.88 Å². The Morgan fingerprint density at radius 3 is 2.70 bits per heavy atom. The van der Waals surface area contributed by atoms with Gasteiger partial charge in [0, 0.05) is 24.1 Å². The quantitative estimate of drug-likeness (QED) is 0.873. The Labute approximate surface area is 140 Å². The third-order valence-electron chi connectivity index (χ3n) is 4.27. The molecular formula is C17H22N4OS. The van der Waals surface area contributed by atoms with E-state index in [1.165, 1.54) is 25.7 Å². The third kappa shape index (κ3) is 4.58. The minimum Gasteiger partial charge on any atom is -0.326 e. The molecule has 0 aliphatic heterocycles. The largest absolute Gasteiger partial charge is 0.326 e. The molecule has 2 aromatic rings. The summed E-state index contributed by atoms with van der Waals surface area (Å²) in [7, 11) is 1.92. The fourth-order valence-electron chi connectivity index (χ4n) is 2.93. The lowest BCUT2D eigenvalue weighted by atomic mass is 10.0. The van der Waals surface area contributed by atoms with Crippen molar-refractivity contribution in [3.05, 3.63) is 30.6 Å². The van der Waals surface area contributed by atoms with Crippen LogP contribution >= 0.6 is 11.8 Å². The summed E-state index contributed by atoms with van der Waals surface area (Å²) in [5, 5.41) is 11.7. The summed E-state index contributed by atoms with van der Waals surface area (Å²) in [5.74, 6) is 0.872. The summed E-state index contributed by atoms with van der Waals surface area (Å²) in [6.45, 7) is 0. The lowest BCUT2D eigenvalue weighted by Crippen LogP contribution is -2.12. The zero-order valence-corrected chi connectivity index (χ0v) is 14.2. The minimum absolute atomic E-state index is 0.116. The highest BCUT2D eigenvalue weighted by atomic mass is 32.2. The summed E-state index contributed by atoms with van der Waals surface area (Å²) < 4.78 is 1.88. The van der Waals surface area contributed by atoms with Gasteiger partial charge in [0.2, 0.25) is 5.91 Å². The second kappa shape index (κ2) is 7.64. The molecule has 122 valence electrons. The predicted octanol–water partition coefficient (Wildman–Crippen LogP) is 3.88. The molecule has 1 aromatic carbocycles. The molecule has 1 aliphatic carbocycles. The lowest BCUT2D eigenvalue weighted by Gasteiger charge is -2.09. The molecule has 0 spiro atoms. The maximum Gasteiger partial charge on any atom is 0.224 e. The van der Waals surface area contributed by atoms with Crippen LogP contribution in [0.2, 0.25) is 0 Å². The number of nitrogens with one attached hydrogen (secondary N) is 1. The molecule has 1 heterocycles. The maximum atomic E-state index is 12.0. The second-order valence-corrected chi connectivity index (χ2v) is 7.13. The smallest absolute Gasteiger partial charge is 0.224 e. The summed E-state index contributed by atoms with van der Waals surface area (Å²) in [6.07, 6.45) is 8.57. The molecule has 5 nitrogen and oxygen atoms in total. The monoisotopic (exact) mass is 330 g/mol. The van der Waals surface area contributed by atoms with Crippen LogP contribution in [0.1, 0.15) is 38.5 Å². The Kier molecular flexibility index (Phi) is 5.33. The van der Waals surface area contributed by atoms with Gasteiger partial charge in [-0.3, -0.25) is 4.79 Å². The van der Waals surface area contributed by atoms with Gasteiger partial charge in [-0.15, -0.1) is 10.2 Å². The van der Waals surface area contributed by atoms with Crippen LogP contribution in [0.5, 0.6) is 0 Å². The van der Waals surface area contributed by atoms with Gasteiger partial charge in [0.15, 0.2) is 5.16 Å². The van der Waals surface area contributed by atoms with Gasteiger partial charge in [0.1, 0.15) is 6.33 Å². The van der Waals surface area contributed by atoms with Crippen molar-refractivity contribution in [3.63, 3.8) is 0 Å². The van der Waals surface area contributed by atoms with Crippen molar-refractivity contribution in [2.24, 2.45) is 13.0 Å². The molecular weight excluding hydrogens is 308 g/mol. The van der Waals surface area contributed by atoms with E-state index in [9.17, 15) is 4.79 Å². The van der Waals surface area contributed by atoms with Crippen LogP contribution in [0.25, 0.3) is 0 Å². The van der Waals surface area contributed by atoms with Gasteiger partial charge in [-0.05, 0) is 48.4 Å². The summed E-state index contributed by atoms with van der Waals surface area (Å²) in [5.41, 5.74) is 0.851. The van der Waals surface area contributed by atoms with Gasteiger partial charge in [-0.2, -0.15) is 0 Å². The first-order valence-corrected chi connectivity index (χ1v) is 8.94. The number of aryl methyl sites for hydroxylation is 1. The number of carbonyl (C=O) groups is 1. The van der Waals surface area contributed by atoms with Gasteiger partial charge in [0.25, 0.3) is 0 Å². The molecule has 0 radical (unpaired) electrons. The van der Waals surface area contributed by atoms with Gasteiger partial charge in [-0.1, -0.05) is 25.7 Å². The Bertz CT molecular complexity index is 647. The van der Waals surface area contributed by atoms with Crippen LogP contribution in [-0.4, -0.2) is 20.7 Å². The number of nitrogens with zero attached hydrogens (tertiary/aromatic N) is 3. The Balaban J connectivity index is 1.48. The van der Waals surface area contributed by atoms with Crippen LogP contribution in [0.15, 0.2) is 40.6 Å². The van der Waals surface area contributed by atoms with Crippen molar-refractivity contribution in [2.75, 3.05) is 5.32 Å². The van der Waals surface area contributed by atoms with Gasteiger partial charge >= 0.3 is 0 Å². The molecule has 1 N–H and O–H groups in total. The minimum atomic E-state index is 0.116. The number of rotatable bonds is 6. The highest BCUT2D eigenvalue weighted by Crippen LogP contribution is 2.29. The predicted molar refractivity (Wildman–Crippen MR) is 91.4 cm³/mol. The normalized spacial score (nSPS) is 15.0. The first-order valence-electron chi connectivity index (χ1n) is 8.12. The van der Waals surface area contributed by atoms with E-state index < -0.39 is 0 Å². The van der Waals surface area contributed by atoms with Gasteiger partial charge in [-0.25, -0.2) is 0 Å². The second-order valence-electron chi connectivity index (χ2n) is 6.09. The van der Waals surface area contributed by atoms with E-state index >= 15 is 0 Å². The third-order valence-corrected chi connectivity index (χ3v) is 5.33. The number of anilines is 1. The van der Waals surface area contributed by atoms with E-state index in [-0.39, 0.29) is 5.91 Å². The van der Waals surface area contributed by atoms with Crippen molar-refractivity contribution in [2.45, 2.75) is 48.6 Å². The number of amides is 1. The molecule has 0 unspecified atom stereocenters. The molecule has 0 bridgehead atoms. The van der Waals surface area contributed by atoms with Crippen molar-refractivity contribution >= 4 is 23.4 Å². The molecule has 1 fully saturated rings. The van der Waals surface area contributed by atoms with Crippen molar-refractivity contribution < 1.29 is 4.79 Å². The van der Waals surface area contributed by atoms with E-state index in [1.807, 2.05) is 35.9 Å². The molecule has 0 atom stereocenters. The van der Waals surface area contributed by atoms with Crippen LogP contribution in [0.3, 0.4) is 0 Å². The molecule has 0 saturated heterocycles. The average Bonchev–Trinajstić information content (AvgIpc) is 3.20. The number of hydrogen-bond acceptors (Lipinski definition) is 4. The van der Waals surface area contributed by atoms with Crippen LogP contribution in [0.4, 0.5) is 5.69 Å². The Morgan fingerprint density at radius 2 is 2.04 bits per heavy atom. The summed E-state index contributed by atoms with van der Waals surface area (Å²) in [6, 6.07) is 7.86. The highest BCUT2D eigenvalue weighted by Gasteiger charge is 2.16. The number of hydrogen-bond donors (Lipinski definition) is 1. The Morgan fingerprint density at radius 1 is 1.30 bits per heavy atom. The van der Waals surface area contributed by atoms with Crippen molar-refractivity contribution in [3.8, 4) is 0 Å². The highest BCUT2D eigenvalue weighted by molar-refractivity contribution is 7.99. The number of aromatic nitrogens is 3. The van der Waals surface area contributed by atoms with Crippen molar-refractivity contribution in [1.82, 2.24) is 14.8 Å². The summed E-state index contributed by atoms with van der Waals surface area (Å²) in [4.78, 5) is 13.1. The Hall–Kier alpha value is -1.82. The van der Waals surface area contributed by atoms with E-state index in [0.29, 0.717) is 6.42 Å². The maximum absolute atomic E-state index is 12.0. The molecule has 1 amide bonds. The number of benzene rings is 1. The van der Waals surface area contributed by atoms with Crippen LogP contribution < -0.4 is 5.32 Å². The first-order chi connectivity index (χ1) is 11.2. The molecule has 23 heavy (non-hydrogen) atoms. The zero-order chi connectivity index (χ0) is 16.1. The fraction of sp³-hybridized carbons (Fsp3) is 0.471. The summed E-state index contributed by atoms with van der Waals surface area (Å²) >= 11 is 1.55. The van der Waals surface area contributed by atoms with E-state index in [1.54, 1.807) is 18.1 Å². The van der Waals surface area contributed by atoms with Crippen molar-refractivity contribution in [1.29, 1.82) is 0 Å². The lowest BCUT2D eigenvalue weighted by molar-refractivity contribution is -0.116. The van der Waals surface area contributed by atoms with E-state index in [0.717, 1.165) is 28.1 Å². The SMILES string of the molecule is Cn1cnnc1Sc1ccc(NC(=O)CCC2CCCC2)cc1. The molecule has 1 aliphatic rings. The van der Waals surface area contributed by atoms with Crippen LogP contribution in [-0.2, 0) is 11.8 Å². The van der Waals surface area contributed by atoms with E-state index in [2.05, 4.69) is 15.5 Å². The first kappa shape index (κ1) is 16.1. The van der Waals surface area contributed by atoms with Crippen LogP contribution in [0, 0.1) is 5.92 Å². The fourth-order valence-corrected chi connectivity index (χ4v) is 3.70.